The molecule has 0 aromatic heterocycles. The molecule has 11 heteroatoms. The van der Waals surface area contributed by atoms with E-state index >= 15 is 0 Å². The van der Waals surface area contributed by atoms with Crippen molar-refractivity contribution in [1.82, 2.24) is 5.32 Å². The van der Waals surface area contributed by atoms with Crippen molar-refractivity contribution in [2.75, 3.05) is 6.54 Å². The average molecular weight is 760 g/mol. The van der Waals surface area contributed by atoms with E-state index in [4.69, 9.17) is 23.7 Å². The van der Waals surface area contributed by atoms with Gasteiger partial charge in [0, 0.05) is 13.5 Å². The molecule has 1 aliphatic heterocycles. The minimum Gasteiger partial charge on any atom is -0.461 e. The summed E-state index contributed by atoms with van der Waals surface area (Å²) in [6, 6.07) is 36.0. The molecule has 1 heterocycles. The zero-order valence-electron chi connectivity index (χ0n) is 31.3. The highest BCUT2D eigenvalue weighted by Crippen LogP contribution is 2.39. The van der Waals surface area contributed by atoms with E-state index in [-0.39, 0.29) is 34.3 Å². The monoisotopic (exact) mass is 759 g/mol. The summed E-state index contributed by atoms with van der Waals surface area (Å²) in [5.74, 6) is -2.83. The molecular formula is C45H42FNO9. The standard InChI is InChI=1S/C45H42FNO9/c1-28(27-47-29(2)48)36-24-23-35(26-37(36)33-21-14-22-34(46)25-33)52-44-39(54-42(50)31-17-10-6-11-18-31)38(53-41(49)30-15-8-5-9-16-30)40(45(3,4)56-44)55-43(51)32-19-12-7-13-20-32/h5-26,28,38-40,44H,27H2,1-4H3,(H,47,48)/t28?,38-,39+,40+,44+/m0/s1. The van der Waals surface area contributed by atoms with Gasteiger partial charge in [0.15, 0.2) is 12.2 Å². The van der Waals surface area contributed by atoms with E-state index < -0.39 is 53.9 Å². The number of ether oxygens (including phenoxy) is 5. The SMILES string of the molecule is CC(=O)NCC(C)c1ccc(O[C@@H]2OC(C)(C)[C@H](OC(=O)c3ccccc3)[C@@H](OC(=O)c3ccccc3)[C@H]2OC(=O)c2ccccc2)cc1-c1cccc(F)c1. The smallest absolute Gasteiger partial charge is 0.338 e. The van der Waals surface area contributed by atoms with E-state index in [1.807, 2.05) is 6.92 Å². The number of nitrogens with one attached hydrogen (secondary N) is 1. The lowest BCUT2D eigenvalue weighted by Crippen LogP contribution is -2.66. The Kier molecular flexibility index (Phi) is 12.2. The molecule has 0 saturated carbocycles. The number of carbonyl (C=O) groups is 4. The van der Waals surface area contributed by atoms with Crippen LogP contribution >= 0.6 is 0 Å². The van der Waals surface area contributed by atoms with Crippen LogP contribution < -0.4 is 10.1 Å². The van der Waals surface area contributed by atoms with E-state index in [1.165, 1.54) is 19.1 Å². The van der Waals surface area contributed by atoms with Crippen molar-refractivity contribution in [2.45, 2.75) is 63.8 Å². The van der Waals surface area contributed by atoms with Crippen molar-refractivity contribution >= 4 is 23.8 Å². The molecule has 5 aromatic rings. The number of amides is 1. The normalized spacial score (nSPS) is 19.2. The minimum absolute atomic E-state index is 0.183. The number of hydrogen-bond donors (Lipinski definition) is 1. The summed E-state index contributed by atoms with van der Waals surface area (Å²) in [6.07, 6.45) is -5.68. The van der Waals surface area contributed by atoms with Gasteiger partial charge in [-0.1, -0.05) is 79.7 Å². The first-order valence-electron chi connectivity index (χ1n) is 18.2. The number of hydrogen-bond acceptors (Lipinski definition) is 9. The Bertz CT molecular complexity index is 2160. The number of halogens is 1. The van der Waals surface area contributed by atoms with Crippen molar-refractivity contribution in [3.8, 4) is 16.9 Å². The fourth-order valence-electron chi connectivity index (χ4n) is 6.48. The van der Waals surface area contributed by atoms with Gasteiger partial charge in [-0.2, -0.15) is 0 Å². The molecule has 1 aliphatic rings. The Labute approximate surface area is 324 Å². The Morgan fingerprint density at radius 3 is 1.77 bits per heavy atom. The molecule has 10 nitrogen and oxygen atoms in total. The van der Waals surface area contributed by atoms with E-state index in [9.17, 15) is 23.6 Å². The van der Waals surface area contributed by atoms with Crippen molar-refractivity contribution < 1.29 is 47.3 Å². The van der Waals surface area contributed by atoms with Crippen molar-refractivity contribution in [2.24, 2.45) is 0 Å². The maximum atomic E-state index is 14.6. The first-order valence-corrected chi connectivity index (χ1v) is 18.2. The molecule has 1 N–H and O–H groups in total. The molecule has 56 heavy (non-hydrogen) atoms. The van der Waals surface area contributed by atoms with Gasteiger partial charge in [-0.25, -0.2) is 18.8 Å². The van der Waals surface area contributed by atoms with Gasteiger partial charge in [-0.15, -0.1) is 0 Å². The summed E-state index contributed by atoms with van der Waals surface area (Å²) < 4.78 is 46.0. The van der Waals surface area contributed by atoms with E-state index in [1.54, 1.807) is 135 Å². The topological polar surface area (TPSA) is 126 Å². The molecule has 1 fully saturated rings. The summed E-state index contributed by atoms with van der Waals surface area (Å²) in [6.45, 7) is 6.99. The Hall–Kier alpha value is -6.33. The van der Waals surface area contributed by atoms with E-state index in [0.29, 0.717) is 17.7 Å². The minimum atomic E-state index is -1.49. The summed E-state index contributed by atoms with van der Waals surface area (Å²) in [5, 5.41) is 2.83. The average Bonchev–Trinajstić information content (AvgIpc) is 3.20. The van der Waals surface area contributed by atoms with Gasteiger partial charge >= 0.3 is 17.9 Å². The third-order valence-electron chi connectivity index (χ3n) is 9.34. The molecule has 0 bridgehead atoms. The molecule has 288 valence electrons. The molecule has 1 saturated heterocycles. The second kappa shape index (κ2) is 17.4. The molecule has 0 spiro atoms. The quantitative estimate of drug-likeness (QED) is 0.0997. The van der Waals surface area contributed by atoms with Gasteiger partial charge in [0.2, 0.25) is 18.3 Å². The zero-order valence-corrected chi connectivity index (χ0v) is 31.3. The lowest BCUT2D eigenvalue weighted by Gasteiger charge is -2.48. The van der Waals surface area contributed by atoms with Crippen molar-refractivity contribution in [1.29, 1.82) is 0 Å². The Balaban J connectivity index is 1.43. The fraction of sp³-hybridized carbons (Fsp3) is 0.244. The first kappa shape index (κ1) is 39.4. The third-order valence-corrected chi connectivity index (χ3v) is 9.34. The molecule has 5 aromatic carbocycles. The predicted molar refractivity (Wildman–Crippen MR) is 205 cm³/mol. The second-order valence-corrected chi connectivity index (χ2v) is 14.0. The summed E-state index contributed by atoms with van der Waals surface area (Å²) in [5.41, 5.74) is 1.23. The highest BCUT2D eigenvalue weighted by atomic mass is 19.1. The molecule has 1 unspecified atom stereocenters. The predicted octanol–water partition coefficient (Wildman–Crippen LogP) is 7.92. The van der Waals surface area contributed by atoms with Gasteiger partial charge in [0.05, 0.1) is 16.7 Å². The molecule has 0 aliphatic carbocycles. The Morgan fingerprint density at radius 1 is 0.696 bits per heavy atom. The van der Waals surface area contributed by atoms with Gasteiger partial charge < -0.3 is 29.0 Å². The molecule has 0 radical (unpaired) electrons. The van der Waals surface area contributed by atoms with Gasteiger partial charge in [0.1, 0.15) is 17.2 Å². The number of benzene rings is 5. The van der Waals surface area contributed by atoms with E-state index in [0.717, 1.165) is 5.56 Å². The molecular weight excluding hydrogens is 717 g/mol. The molecule has 6 rings (SSSR count). The van der Waals surface area contributed by atoms with Crippen LogP contribution in [0.1, 0.15) is 70.3 Å². The van der Waals surface area contributed by atoms with Crippen molar-refractivity contribution in [3.05, 3.63) is 162 Å². The molecule has 1 amide bonds. The van der Waals surface area contributed by atoms with Gasteiger partial charge in [-0.05, 0) is 97.1 Å². The van der Waals surface area contributed by atoms with E-state index in [2.05, 4.69) is 5.32 Å². The number of esters is 3. The largest absolute Gasteiger partial charge is 0.461 e. The fourth-order valence-corrected chi connectivity index (χ4v) is 6.48. The van der Waals surface area contributed by atoms with Gasteiger partial charge in [0.25, 0.3) is 0 Å². The lowest BCUT2D eigenvalue weighted by atomic mass is 9.88. The van der Waals surface area contributed by atoms with Crippen LogP contribution in [0.2, 0.25) is 0 Å². The number of rotatable bonds is 12. The van der Waals surface area contributed by atoms with Crippen LogP contribution in [-0.2, 0) is 23.7 Å². The van der Waals surface area contributed by atoms with Gasteiger partial charge in [-0.3, -0.25) is 4.79 Å². The number of carbonyl (C=O) groups excluding carboxylic acids is 4. The maximum Gasteiger partial charge on any atom is 0.338 e. The highest BCUT2D eigenvalue weighted by molar-refractivity contribution is 5.91. The van der Waals surface area contributed by atoms with Crippen LogP contribution in [-0.4, -0.2) is 60.6 Å². The van der Waals surface area contributed by atoms with Crippen LogP contribution in [0.5, 0.6) is 5.75 Å². The van der Waals surface area contributed by atoms with Crippen LogP contribution in [0.4, 0.5) is 4.39 Å². The van der Waals surface area contributed by atoms with Crippen LogP contribution in [0.15, 0.2) is 133 Å². The second-order valence-electron chi connectivity index (χ2n) is 14.0. The van der Waals surface area contributed by atoms with Crippen LogP contribution in [0, 0.1) is 5.82 Å². The first-order chi connectivity index (χ1) is 26.9. The lowest BCUT2D eigenvalue weighted by molar-refractivity contribution is -0.299. The molecule has 5 atom stereocenters. The van der Waals surface area contributed by atoms with Crippen LogP contribution in [0.25, 0.3) is 11.1 Å². The Morgan fingerprint density at radius 2 is 1.23 bits per heavy atom. The maximum absolute atomic E-state index is 14.6. The highest BCUT2D eigenvalue weighted by Gasteiger charge is 2.57. The zero-order chi connectivity index (χ0) is 39.8. The summed E-state index contributed by atoms with van der Waals surface area (Å²) >= 11 is 0. The summed E-state index contributed by atoms with van der Waals surface area (Å²) in [4.78, 5) is 52.9. The third kappa shape index (κ3) is 9.48. The van der Waals surface area contributed by atoms with Crippen molar-refractivity contribution in [3.63, 3.8) is 0 Å². The van der Waals surface area contributed by atoms with Crippen LogP contribution in [0.3, 0.4) is 0 Å². The summed E-state index contributed by atoms with van der Waals surface area (Å²) in [7, 11) is 0.